The number of carbonyl (C=O) groups excluding carboxylic acids is 2. The molecule has 2 amide bonds. The smallest absolute Gasteiger partial charge is 0.255 e. The molecule has 1 aliphatic rings. The Kier molecular flexibility index (Phi) is 5.84. The van der Waals surface area contributed by atoms with Crippen LogP contribution in [0.15, 0.2) is 66.7 Å². The van der Waals surface area contributed by atoms with Crippen LogP contribution < -0.4 is 10.2 Å². The molecule has 0 unspecified atom stereocenters. The Morgan fingerprint density at radius 1 is 1.03 bits per heavy atom. The highest BCUT2D eigenvalue weighted by Crippen LogP contribution is 2.42. The first-order chi connectivity index (χ1) is 14.4. The van der Waals surface area contributed by atoms with Gasteiger partial charge in [0.15, 0.2) is 0 Å². The molecule has 1 saturated heterocycles. The molecule has 3 aromatic carbocycles. The number of halogens is 1. The highest BCUT2D eigenvalue weighted by atomic mass is 35.5. The highest BCUT2D eigenvalue weighted by Gasteiger charge is 2.34. The van der Waals surface area contributed by atoms with E-state index in [1.54, 1.807) is 36.0 Å². The molecule has 3 aromatic rings. The summed E-state index contributed by atoms with van der Waals surface area (Å²) in [4.78, 5) is 26.9. The lowest BCUT2D eigenvalue weighted by Crippen LogP contribution is -2.27. The van der Waals surface area contributed by atoms with Gasteiger partial charge in [0.25, 0.3) is 5.91 Å². The molecule has 0 bridgehead atoms. The third-order valence-electron chi connectivity index (χ3n) is 5.18. The molecule has 0 radical (unpaired) electrons. The number of benzene rings is 3. The SMILES string of the molecule is Cc1ccc(N2C(=O)CS[C@@H]2c2ccc(NC(=O)c3cccc(Cl)c3)cc2)cc1C. The Morgan fingerprint density at radius 3 is 2.50 bits per heavy atom. The summed E-state index contributed by atoms with van der Waals surface area (Å²) >= 11 is 7.57. The van der Waals surface area contributed by atoms with E-state index >= 15 is 0 Å². The number of hydrogen-bond acceptors (Lipinski definition) is 3. The first-order valence-corrected chi connectivity index (χ1v) is 11.0. The van der Waals surface area contributed by atoms with E-state index in [-0.39, 0.29) is 17.2 Å². The van der Waals surface area contributed by atoms with E-state index in [0.717, 1.165) is 16.8 Å². The Bertz CT molecular complexity index is 1110. The number of nitrogens with one attached hydrogen (secondary N) is 1. The largest absolute Gasteiger partial charge is 0.322 e. The quantitative estimate of drug-likeness (QED) is 0.546. The zero-order valence-corrected chi connectivity index (χ0v) is 18.3. The van der Waals surface area contributed by atoms with E-state index in [2.05, 4.69) is 25.2 Å². The summed E-state index contributed by atoms with van der Waals surface area (Å²) in [6, 6.07) is 20.6. The zero-order chi connectivity index (χ0) is 21.3. The molecule has 4 rings (SSSR count). The lowest BCUT2D eigenvalue weighted by molar-refractivity contribution is -0.115. The van der Waals surface area contributed by atoms with Crippen LogP contribution in [0.5, 0.6) is 0 Å². The van der Waals surface area contributed by atoms with Gasteiger partial charge in [-0.05, 0) is 73.0 Å². The molecule has 152 valence electrons. The van der Waals surface area contributed by atoms with Crippen LogP contribution >= 0.6 is 23.4 Å². The average molecular weight is 437 g/mol. The highest BCUT2D eigenvalue weighted by molar-refractivity contribution is 8.00. The average Bonchev–Trinajstić information content (AvgIpc) is 3.12. The minimum atomic E-state index is -0.215. The minimum absolute atomic E-state index is 0.0858. The van der Waals surface area contributed by atoms with Crippen molar-refractivity contribution in [3.05, 3.63) is 94.0 Å². The maximum Gasteiger partial charge on any atom is 0.255 e. The molecular formula is C24H21ClN2O2S. The van der Waals surface area contributed by atoms with Gasteiger partial charge in [0, 0.05) is 22.0 Å². The number of carbonyl (C=O) groups is 2. The molecule has 1 fully saturated rings. The normalized spacial score (nSPS) is 16.0. The van der Waals surface area contributed by atoms with Gasteiger partial charge in [0.2, 0.25) is 5.91 Å². The van der Waals surface area contributed by atoms with Crippen molar-refractivity contribution < 1.29 is 9.59 Å². The van der Waals surface area contributed by atoms with Gasteiger partial charge < -0.3 is 5.32 Å². The van der Waals surface area contributed by atoms with Crippen LogP contribution in [-0.4, -0.2) is 17.6 Å². The summed E-state index contributed by atoms with van der Waals surface area (Å²) in [5.41, 5.74) is 5.49. The lowest BCUT2D eigenvalue weighted by atomic mass is 10.1. The number of amides is 2. The summed E-state index contributed by atoms with van der Waals surface area (Å²) in [7, 11) is 0. The predicted octanol–water partition coefficient (Wildman–Crippen LogP) is 5.99. The van der Waals surface area contributed by atoms with Crippen molar-refractivity contribution in [2.45, 2.75) is 19.2 Å². The lowest BCUT2D eigenvalue weighted by Gasteiger charge is -2.25. The first-order valence-electron chi connectivity index (χ1n) is 9.60. The van der Waals surface area contributed by atoms with Crippen molar-refractivity contribution in [1.82, 2.24) is 0 Å². The van der Waals surface area contributed by atoms with Crippen molar-refractivity contribution >= 4 is 46.6 Å². The molecule has 1 aliphatic heterocycles. The van der Waals surface area contributed by atoms with E-state index in [4.69, 9.17) is 11.6 Å². The maximum absolute atomic E-state index is 12.6. The standard InChI is InChI=1S/C24H21ClN2O2S/c1-15-6-11-21(12-16(15)2)27-22(28)14-30-24(27)17-7-9-20(10-8-17)26-23(29)18-4-3-5-19(25)13-18/h3-13,24H,14H2,1-2H3,(H,26,29)/t24-/m1/s1. The monoisotopic (exact) mass is 436 g/mol. The van der Waals surface area contributed by atoms with Crippen LogP contribution in [0.4, 0.5) is 11.4 Å². The fourth-order valence-corrected chi connectivity index (χ4v) is 4.76. The number of rotatable bonds is 4. The molecule has 6 heteroatoms. The molecule has 0 aromatic heterocycles. The first kappa shape index (κ1) is 20.5. The fraction of sp³-hybridized carbons (Fsp3) is 0.167. The summed E-state index contributed by atoms with van der Waals surface area (Å²) in [5, 5.41) is 3.32. The van der Waals surface area contributed by atoms with Gasteiger partial charge >= 0.3 is 0 Å². The second kappa shape index (κ2) is 8.54. The van der Waals surface area contributed by atoms with Gasteiger partial charge in [-0.15, -0.1) is 11.8 Å². The van der Waals surface area contributed by atoms with Gasteiger partial charge in [0.05, 0.1) is 5.75 Å². The number of hydrogen-bond donors (Lipinski definition) is 1. The number of thioether (sulfide) groups is 1. The van der Waals surface area contributed by atoms with Gasteiger partial charge in [-0.1, -0.05) is 35.9 Å². The molecule has 0 saturated carbocycles. The van der Waals surface area contributed by atoms with Gasteiger partial charge in [-0.3, -0.25) is 14.5 Å². The maximum atomic E-state index is 12.6. The van der Waals surface area contributed by atoms with E-state index in [1.807, 2.05) is 41.3 Å². The van der Waals surface area contributed by atoms with Crippen molar-refractivity contribution in [3.8, 4) is 0 Å². The topological polar surface area (TPSA) is 49.4 Å². The molecule has 1 atom stereocenters. The third-order valence-corrected chi connectivity index (χ3v) is 6.62. The van der Waals surface area contributed by atoms with Gasteiger partial charge in [0.1, 0.15) is 5.37 Å². The Morgan fingerprint density at radius 2 is 1.80 bits per heavy atom. The van der Waals surface area contributed by atoms with Crippen molar-refractivity contribution in [2.24, 2.45) is 0 Å². The van der Waals surface area contributed by atoms with E-state index < -0.39 is 0 Å². The predicted molar refractivity (Wildman–Crippen MR) is 124 cm³/mol. The molecular weight excluding hydrogens is 416 g/mol. The fourth-order valence-electron chi connectivity index (χ4n) is 3.39. The van der Waals surface area contributed by atoms with Crippen molar-refractivity contribution in [3.63, 3.8) is 0 Å². The minimum Gasteiger partial charge on any atom is -0.322 e. The summed E-state index contributed by atoms with van der Waals surface area (Å²) < 4.78 is 0. The molecule has 0 spiro atoms. The Balaban J connectivity index is 1.53. The third kappa shape index (κ3) is 4.23. The Labute approximate surface area is 185 Å². The number of anilines is 2. The summed E-state index contributed by atoms with van der Waals surface area (Å²) in [5.74, 6) is 0.337. The summed E-state index contributed by atoms with van der Waals surface area (Å²) in [6.45, 7) is 4.12. The van der Waals surface area contributed by atoms with Crippen LogP contribution in [0.3, 0.4) is 0 Å². The molecule has 1 N–H and O–H groups in total. The number of aryl methyl sites for hydroxylation is 2. The molecule has 1 heterocycles. The summed E-state index contributed by atoms with van der Waals surface area (Å²) in [6.07, 6.45) is 0. The molecule has 0 aliphatic carbocycles. The second-order valence-corrected chi connectivity index (χ2v) is 8.79. The van der Waals surface area contributed by atoms with Crippen LogP contribution in [0.25, 0.3) is 0 Å². The van der Waals surface area contributed by atoms with Crippen LogP contribution in [0.1, 0.15) is 32.4 Å². The van der Waals surface area contributed by atoms with Crippen LogP contribution in [0.2, 0.25) is 5.02 Å². The van der Waals surface area contributed by atoms with Crippen molar-refractivity contribution in [2.75, 3.05) is 16.0 Å². The Hall–Kier alpha value is -2.76. The van der Waals surface area contributed by atoms with E-state index in [9.17, 15) is 9.59 Å². The van der Waals surface area contributed by atoms with Gasteiger partial charge in [-0.2, -0.15) is 0 Å². The van der Waals surface area contributed by atoms with E-state index in [1.165, 1.54) is 5.56 Å². The molecule has 4 nitrogen and oxygen atoms in total. The van der Waals surface area contributed by atoms with Crippen LogP contribution in [0, 0.1) is 13.8 Å². The zero-order valence-electron chi connectivity index (χ0n) is 16.7. The molecule has 30 heavy (non-hydrogen) atoms. The second-order valence-electron chi connectivity index (χ2n) is 7.28. The van der Waals surface area contributed by atoms with E-state index in [0.29, 0.717) is 22.0 Å². The van der Waals surface area contributed by atoms with Crippen LogP contribution in [-0.2, 0) is 4.79 Å². The number of nitrogens with zero attached hydrogens (tertiary/aromatic N) is 1. The van der Waals surface area contributed by atoms with Crippen molar-refractivity contribution in [1.29, 1.82) is 0 Å². The van der Waals surface area contributed by atoms with Gasteiger partial charge in [-0.25, -0.2) is 0 Å².